The summed E-state index contributed by atoms with van der Waals surface area (Å²) in [5.41, 5.74) is 11.4. The average molecular weight is 741 g/mol. The molecule has 0 aliphatic carbocycles. The minimum Gasteiger partial charge on any atom is -0.264 e. The van der Waals surface area contributed by atoms with Crippen molar-refractivity contribution in [3.8, 4) is 67.5 Å². The molecule has 2 aromatic heterocycles. The molecule has 0 aliphatic heterocycles. The number of fused-ring (bicyclic) bond motifs is 4. The zero-order valence-corrected chi connectivity index (χ0v) is 31.7. The zero-order chi connectivity index (χ0) is 39.0. The van der Waals surface area contributed by atoms with E-state index in [0.717, 1.165) is 93.5 Å². The van der Waals surface area contributed by atoms with Crippen molar-refractivity contribution in [2.24, 2.45) is 0 Å². The van der Waals surface area contributed by atoms with Crippen molar-refractivity contribution in [1.82, 2.24) is 19.9 Å². The van der Waals surface area contributed by atoms with Crippen LogP contribution in [-0.4, -0.2) is 19.9 Å². The van der Waals surface area contributed by atoms with E-state index in [0.29, 0.717) is 17.5 Å². The van der Waals surface area contributed by atoms with Crippen molar-refractivity contribution in [3.63, 3.8) is 0 Å². The van der Waals surface area contributed by atoms with Crippen molar-refractivity contribution in [2.45, 2.75) is 0 Å². The standard InChI is InChI=1S/C54H36N4/c1-3-45-46(4-2)49-24-14-23-47(51(49)50-22-12-11-21-48(45)50)42-31-41(39-20-13-19-38(29-39)40-26-25-35-27-28-55-34-44(35)30-40)32-43(33-42)54-57-52(36-15-7-5-8-16-36)56-53(58-54)37-17-9-6-10-18-37/h3-34H,1-2H2. The fraction of sp³-hybridized carbons (Fsp3) is 0. The van der Waals surface area contributed by atoms with Gasteiger partial charge in [0.05, 0.1) is 0 Å². The maximum Gasteiger partial charge on any atom is 0.164 e. The molecule has 0 spiro atoms. The van der Waals surface area contributed by atoms with E-state index in [4.69, 9.17) is 15.0 Å². The molecule has 0 aliphatic rings. The molecule has 4 heteroatoms. The van der Waals surface area contributed by atoms with Gasteiger partial charge in [-0.25, -0.2) is 15.0 Å². The molecule has 0 fully saturated rings. The van der Waals surface area contributed by atoms with Crippen LogP contribution < -0.4 is 0 Å². The first-order chi connectivity index (χ1) is 28.6. The molecule has 0 unspecified atom stereocenters. The molecule has 10 aromatic rings. The maximum atomic E-state index is 5.17. The number of rotatable bonds is 8. The summed E-state index contributed by atoms with van der Waals surface area (Å²) in [5, 5.41) is 6.85. The molecule has 0 radical (unpaired) electrons. The molecule has 0 saturated heterocycles. The Kier molecular flexibility index (Phi) is 8.77. The number of nitrogens with zero attached hydrogens (tertiary/aromatic N) is 4. The topological polar surface area (TPSA) is 51.6 Å². The molecular weight excluding hydrogens is 705 g/mol. The lowest BCUT2D eigenvalue weighted by atomic mass is 9.86. The van der Waals surface area contributed by atoms with Crippen LogP contribution in [0.1, 0.15) is 11.1 Å². The fourth-order valence-corrected chi connectivity index (χ4v) is 8.13. The first-order valence-electron chi connectivity index (χ1n) is 19.3. The van der Waals surface area contributed by atoms with Crippen LogP contribution in [0, 0.1) is 0 Å². The Morgan fingerprint density at radius 3 is 1.59 bits per heavy atom. The van der Waals surface area contributed by atoms with Crippen molar-refractivity contribution in [1.29, 1.82) is 0 Å². The van der Waals surface area contributed by atoms with E-state index in [-0.39, 0.29) is 0 Å². The highest BCUT2D eigenvalue weighted by atomic mass is 15.0. The minimum absolute atomic E-state index is 0.597. The van der Waals surface area contributed by atoms with E-state index in [1.54, 1.807) is 0 Å². The van der Waals surface area contributed by atoms with Gasteiger partial charge in [0.25, 0.3) is 0 Å². The van der Waals surface area contributed by atoms with Gasteiger partial charge in [0.1, 0.15) is 0 Å². The first-order valence-corrected chi connectivity index (χ1v) is 19.3. The lowest BCUT2D eigenvalue weighted by Gasteiger charge is -2.18. The number of benzene rings is 8. The summed E-state index contributed by atoms with van der Waals surface area (Å²) in [5.74, 6) is 1.83. The van der Waals surface area contributed by atoms with Gasteiger partial charge in [-0.15, -0.1) is 0 Å². The number of aromatic nitrogens is 4. The Hall–Kier alpha value is -7.82. The van der Waals surface area contributed by atoms with Crippen LogP contribution in [0.2, 0.25) is 0 Å². The van der Waals surface area contributed by atoms with Crippen molar-refractivity contribution < 1.29 is 0 Å². The number of pyridine rings is 1. The molecule has 2 heterocycles. The van der Waals surface area contributed by atoms with Crippen LogP contribution in [0.25, 0.3) is 112 Å². The lowest BCUT2D eigenvalue weighted by Crippen LogP contribution is -2.00. The van der Waals surface area contributed by atoms with Crippen molar-refractivity contribution >= 4 is 44.5 Å². The van der Waals surface area contributed by atoms with Gasteiger partial charge in [-0.2, -0.15) is 0 Å². The third-order valence-corrected chi connectivity index (χ3v) is 10.9. The molecule has 58 heavy (non-hydrogen) atoms. The van der Waals surface area contributed by atoms with Crippen LogP contribution >= 0.6 is 0 Å². The quantitative estimate of drug-likeness (QED) is 0.146. The number of hydrogen-bond acceptors (Lipinski definition) is 4. The van der Waals surface area contributed by atoms with E-state index in [2.05, 4.69) is 121 Å². The molecule has 10 rings (SSSR count). The van der Waals surface area contributed by atoms with Gasteiger partial charge < -0.3 is 0 Å². The van der Waals surface area contributed by atoms with Gasteiger partial charge in [-0.05, 0) is 108 Å². The lowest BCUT2D eigenvalue weighted by molar-refractivity contribution is 1.07. The van der Waals surface area contributed by atoms with Crippen molar-refractivity contribution in [2.75, 3.05) is 0 Å². The average Bonchev–Trinajstić information content (AvgIpc) is 3.31. The first kappa shape index (κ1) is 34.7. The second kappa shape index (κ2) is 14.7. The monoisotopic (exact) mass is 740 g/mol. The summed E-state index contributed by atoms with van der Waals surface area (Å²) in [6, 6.07) is 59.4. The highest BCUT2D eigenvalue weighted by molar-refractivity contribution is 6.19. The smallest absolute Gasteiger partial charge is 0.164 e. The van der Waals surface area contributed by atoms with Crippen molar-refractivity contribution in [3.05, 3.63) is 207 Å². The predicted molar refractivity (Wildman–Crippen MR) is 243 cm³/mol. The molecule has 8 aromatic carbocycles. The van der Waals surface area contributed by atoms with Gasteiger partial charge in [0.2, 0.25) is 0 Å². The third-order valence-electron chi connectivity index (χ3n) is 10.9. The molecule has 4 nitrogen and oxygen atoms in total. The molecule has 0 N–H and O–H groups in total. The maximum absolute atomic E-state index is 5.17. The summed E-state index contributed by atoms with van der Waals surface area (Å²) in [7, 11) is 0. The molecule has 272 valence electrons. The summed E-state index contributed by atoms with van der Waals surface area (Å²) in [4.78, 5) is 19.7. The zero-order valence-electron chi connectivity index (χ0n) is 31.7. The predicted octanol–water partition coefficient (Wildman–Crippen LogP) is 14.0. The van der Waals surface area contributed by atoms with E-state index in [1.807, 2.05) is 91.3 Å². The van der Waals surface area contributed by atoms with Crippen LogP contribution in [-0.2, 0) is 0 Å². The van der Waals surface area contributed by atoms with E-state index < -0.39 is 0 Å². The Labute approximate surface area is 337 Å². The van der Waals surface area contributed by atoms with Crippen LogP contribution in [0.3, 0.4) is 0 Å². The van der Waals surface area contributed by atoms with Gasteiger partial charge >= 0.3 is 0 Å². The molecule has 0 saturated carbocycles. The molecule has 0 atom stereocenters. The largest absolute Gasteiger partial charge is 0.264 e. The minimum atomic E-state index is 0.597. The normalized spacial score (nSPS) is 11.2. The van der Waals surface area contributed by atoms with E-state index in [9.17, 15) is 0 Å². The van der Waals surface area contributed by atoms with Gasteiger partial charge in [0.15, 0.2) is 17.5 Å². The van der Waals surface area contributed by atoms with Gasteiger partial charge in [-0.3, -0.25) is 4.98 Å². The molecule has 0 amide bonds. The van der Waals surface area contributed by atoms with Gasteiger partial charge in [0, 0.05) is 34.5 Å². The Morgan fingerprint density at radius 1 is 0.362 bits per heavy atom. The second-order valence-electron chi connectivity index (χ2n) is 14.4. The summed E-state index contributed by atoms with van der Waals surface area (Å²) >= 11 is 0. The summed E-state index contributed by atoms with van der Waals surface area (Å²) in [6.07, 6.45) is 7.65. The van der Waals surface area contributed by atoms with Gasteiger partial charge in [-0.1, -0.05) is 159 Å². The SMILES string of the molecule is C=Cc1c(C=C)c2cccc(-c3cc(-c4cccc(-c5ccc6ccncc6c5)c4)cc(-c4nc(-c5ccccc5)nc(-c5ccccc5)n4)c3)c2c2ccccc12. The van der Waals surface area contributed by atoms with E-state index >= 15 is 0 Å². The Balaban J connectivity index is 1.24. The Bertz CT molecular complexity index is 3150. The van der Waals surface area contributed by atoms with E-state index in [1.165, 1.54) is 0 Å². The second-order valence-corrected chi connectivity index (χ2v) is 14.4. The fourth-order valence-electron chi connectivity index (χ4n) is 8.13. The molecular formula is C54H36N4. The Morgan fingerprint density at radius 2 is 0.879 bits per heavy atom. The number of hydrogen-bond donors (Lipinski definition) is 0. The summed E-state index contributed by atoms with van der Waals surface area (Å²) < 4.78 is 0. The third kappa shape index (κ3) is 6.23. The highest BCUT2D eigenvalue weighted by Crippen LogP contribution is 2.42. The molecule has 0 bridgehead atoms. The van der Waals surface area contributed by atoms with Crippen LogP contribution in [0.15, 0.2) is 195 Å². The highest BCUT2D eigenvalue weighted by Gasteiger charge is 2.18. The van der Waals surface area contributed by atoms with Crippen LogP contribution in [0.4, 0.5) is 0 Å². The summed E-state index contributed by atoms with van der Waals surface area (Å²) in [6.45, 7) is 8.45. The van der Waals surface area contributed by atoms with Crippen LogP contribution in [0.5, 0.6) is 0 Å².